The van der Waals surface area contributed by atoms with Crippen LogP contribution in [0.25, 0.3) is 11.3 Å². The third kappa shape index (κ3) is 3.12. The molecule has 0 amide bonds. The van der Waals surface area contributed by atoms with Crippen molar-refractivity contribution < 1.29 is 0 Å². The van der Waals surface area contributed by atoms with Crippen LogP contribution in [0, 0.1) is 6.92 Å². The fraction of sp³-hybridized carbons (Fsp3) is 0.350. The van der Waals surface area contributed by atoms with Crippen molar-refractivity contribution in [2.45, 2.75) is 45.2 Å². The summed E-state index contributed by atoms with van der Waals surface area (Å²) in [7, 11) is 0. The van der Waals surface area contributed by atoms with Crippen LogP contribution in [0.2, 0.25) is 5.02 Å². The molecule has 1 aliphatic carbocycles. The summed E-state index contributed by atoms with van der Waals surface area (Å²) in [4.78, 5) is 4.64. The summed E-state index contributed by atoms with van der Waals surface area (Å²) < 4.78 is 2.24. The second-order valence-corrected chi connectivity index (χ2v) is 8.64. The first kappa shape index (κ1) is 17.1. The number of aryl methyl sites for hydroxylation is 1. The number of hydrogen-bond acceptors (Lipinski definition) is 5. The number of nitrogens with zero attached hydrogens (tertiary/aromatic N) is 4. The second-order valence-electron chi connectivity index (χ2n) is 7.14. The highest BCUT2D eigenvalue weighted by molar-refractivity contribution is 7.09. The van der Waals surface area contributed by atoms with Gasteiger partial charge in [-0.3, -0.25) is 4.57 Å². The van der Waals surface area contributed by atoms with E-state index in [9.17, 15) is 0 Å². The van der Waals surface area contributed by atoms with E-state index in [0.717, 1.165) is 58.9 Å². The van der Waals surface area contributed by atoms with Crippen LogP contribution >= 0.6 is 22.9 Å². The Kier molecular flexibility index (Phi) is 4.34. The SMILES string of the molecule is Cc1nc(C2=CCC(c3nnc4n3-c3ccc(Cl)cc3CNC4)CC2)cs1. The van der Waals surface area contributed by atoms with E-state index >= 15 is 0 Å². The van der Waals surface area contributed by atoms with Crippen LogP contribution in [0.15, 0.2) is 29.7 Å². The summed E-state index contributed by atoms with van der Waals surface area (Å²) in [5, 5.41) is 16.5. The van der Waals surface area contributed by atoms with E-state index in [4.69, 9.17) is 11.6 Å². The molecule has 2 aliphatic rings. The third-order valence-corrected chi connectivity index (χ3v) is 6.37. The molecule has 0 fully saturated rings. The molecule has 0 radical (unpaired) electrons. The minimum atomic E-state index is 0.372. The molecular formula is C20H20ClN5S. The molecule has 27 heavy (non-hydrogen) atoms. The molecule has 0 bridgehead atoms. The van der Waals surface area contributed by atoms with Crippen molar-refractivity contribution in [1.29, 1.82) is 0 Å². The first-order chi connectivity index (χ1) is 13.2. The molecule has 0 saturated heterocycles. The largest absolute Gasteiger partial charge is 0.306 e. The van der Waals surface area contributed by atoms with Gasteiger partial charge in [0, 0.05) is 22.9 Å². The van der Waals surface area contributed by atoms with Gasteiger partial charge in [0.2, 0.25) is 0 Å². The molecule has 5 rings (SSSR count). The molecule has 1 aliphatic heterocycles. The van der Waals surface area contributed by atoms with E-state index in [0.29, 0.717) is 12.5 Å². The lowest BCUT2D eigenvalue weighted by Gasteiger charge is -2.22. The van der Waals surface area contributed by atoms with Crippen molar-refractivity contribution in [3.8, 4) is 5.69 Å². The predicted molar refractivity (Wildman–Crippen MR) is 108 cm³/mol. The Hall–Kier alpha value is -2.02. The number of allylic oxidation sites excluding steroid dienone is 2. The van der Waals surface area contributed by atoms with Gasteiger partial charge in [-0.2, -0.15) is 0 Å². The highest BCUT2D eigenvalue weighted by Crippen LogP contribution is 2.37. The van der Waals surface area contributed by atoms with Crippen LogP contribution in [-0.4, -0.2) is 19.7 Å². The van der Waals surface area contributed by atoms with Gasteiger partial charge in [-0.1, -0.05) is 17.7 Å². The van der Waals surface area contributed by atoms with Crippen molar-refractivity contribution in [3.05, 3.63) is 62.6 Å². The molecule has 0 spiro atoms. The third-order valence-electron chi connectivity index (χ3n) is 5.36. The first-order valence-electron chi connectivity index (χ1n) is 9.24. The Labute approximate surface area is 167 Å². The van der Waals surface area contributed by atoms with Gasteiger partial charge in [-0.25, -0.2) is 4.98 Å². The molecule has 1 unspecified atom stereocenters. The minimum absolute atomic E-state index is 0.372. The Bertz CT molecular complexity index is 1030. The Balaban J connectivity index is 1.49. The number of rotatable bonds is 2. The van der Waals surface area contributed by atoms with Gasteiger partial charge >= 0.3 is 0 Å². The smallest absolute Gasteiger partial charge is 0.151 e. The van der Waals surface area contributed by atoms with E-state index < -0.39 is 0 Å². The minimum Gasteiger partial charge on any atom is -0.306 e. The second kappa shape index (κ2) is 6.86. The molecule has 3 heterocycles. The Morgan fingerprint density at radius 1 is 1.26 bits per heavy atom. The molecule has 1 N–H and O–H groups in total. The maximum absolute atomic E-state index is 6.21. The van der Waals surface area contributed by atoms with Gasteiger partial charge < -0.3 is 5.32 Å². The van der Waals surface area contributed by atoms with Crippen molar-refractivity contribution >= 4 is 28.5 Å². The average Bonchev–Trinajstić information content (AvgIpc) is 3.25. The molecule has 1 atom stereocenters. The highest BCUT2D eigenvalue weighted by Gasteiger charge is 2.27. The van der Waals surface area contributed by atoms with Crippen LogP contribution in [0.3, 0.4) is 0 Å². The quantitative estimate of drug-likeness (QED) is 0.684. The zero-order valence-electron chi connectivity index (χ0n) is 15.1. The van der Waals surface area contributed by atoms with E-state index in [-0.39, 0.29) is 0 Å². The zero-order valence-corrected chi connectivity index (χ0v) is 16.6. The summed E-state index contributed by atoms with van der Waals surface area (Å²) in [6.45, 7) is 3.56. The van der Waals surface area contributed by atoms with Crippen LogP contribution < -0.4 is 5.32 Å². The van der Waals surface area contributed by atoms with Crippen LogP contribution in [0.4, 0.5) is 0 Å². The standard InChI is InChI=1S/C20H20ClN5S/c1-12-23-17(11-27-12)13-2-4-14(5-3-13)20-25-24-19-10-22-9-15-8-16(21)6-7-18(15)26(19)20/h2,6-8,11,14,22H,3-5,9-10H2,1H3. The van der Waals surface area contributed by atoms with Crippen molar-refractivity contribution in [2.75, 3.05) is 0 Å². The number of hydrogen-bond donors (Lipinski definition) is 1. The molecule has 5 nitrogen and oxygen atoms in total. The van der Waals surface area contributed by atoms with Crippen molar-refractivity contribution in [1.82, 2.24) is 25.1 Å². The number of halogens is 1. The van der Waals surface area contributed by atoms with Crippen molar-refractivity contribution in [2.24, 2.45) is 0 Å². The number of thiazole rings is 1. The lowest BCUT2D eigenvalue weighted by Crippen LogP contribution is -2.13. The van der Waals surface area contributed by atoms with E-state index in [1.165, 1.54) is 11.1 Å². The molecule has 7 heteroatoms. The summed E-state index contributed by atoms with van der Waals surface area (Å²) in [6, 6.07) is 6.07. The van der Waals surface area contributed by atoms with Crippen LogP contribution in [0.5, 0.6) is 0 Å². The van der Waals surface area contributed by atoms with Gasteiger partial charge in [0.25, 0.3) is 0 Å². The normalized spacial score (nSPS) is 19.2. The van der Waals surface area contributed by atoms with Gasteiger partial charge in [0.1, 0.15) is 5.82 Å². The van der Waals surface area contributed by atoms with E-state index in [1.54, 1.807) is 11.3 Å². The number of benzene rings is 1. The maximum atomic E-state index is 6.21. The summed E-state index contributed by atoms with van der Waals surface area (Å²) >= 11 is 7.93. The average molecular weight is 398 g/mol. The lowest BCUT2D eigenvalue weighted by molar-refractivity contribution is 0.576. The van der Waals surface area contributed by atoms with E-state index in [1.807, 2.05) is 12.1 Å². The summed E-state index contributed by atoms with van der Waals surface area (Å²) in [5.41, 5.74) is 4.83. The van der Waals surface area contributed by atoms with Crippen LogP contribution in [0.1, 0.15) is 53.1 Å². The lowest BCUT2D eigenvalue weighted by atomic mass is 9.88. The van der Waals surface area contributed by atoms with Gasteiger partial charge in [0.05, 0.1) is 22.9 Å². The molecule has 1 aromatic carbocycles. The zero-order chi connectivity index (χ0) is 18.4. The molecule has 138 valence electrons. The number of nitrogens with one attached hydrogen (secondary N) is 1. The fourth-order valence-electron chi connectivity index (χ4n) is 4.01. The van der Waals surface area contributed by atoms with Crippen LogP contribution in [-0.2, 0) is 13.1 Å². The first-order valence-corrected chi connectivity index (χ1v) is 10.5. The van der Waals surface area contributed by atoms with E-state index in [2.05, 4.69) is 49.5 Å². The van der Waals surface area contributed by atoms with Crippen molar-refractivity contribution in [3.63, 3.8) is 0 Å². The molecule has 0 saturated carbocycles. The molecule has 2 aromatic heterocycles. The Morgan fingerprint density at radius 3 is 2.96 bits per heavy atom. The topological polar surface area (TPSA) is 55.6 Å². The fourth-order valence-corrected chi connectivity index (χ4v) is 4.84. The predicted octanol–water partition coefficient (Wildman–Crippen LogP) is 4.64. The van der Waals surface area contributed by atoms with Gasteiger partial charge in [-0.05, 0) is 55.5 Å². The highest BCUT2D eigenvalue weighted by atomic mass is 35.5. The monoisotopic (exact) mass is 397 g/mol. The summed E-state index contributed by atoms with van der Waals surface area (Å²) in [6.07, 6.45) is 5.40. The number of aromatic nitrogens is 4. The van der Waals surface area contributed by atoms with Gasteiger partial charge in [-0.15, -0.1) is 21.5 Å². The molecule has 3 aromatic rings. The maximum Gasteiger partial charge on any atom is 0.151 e. The Morgan fingerprint density at radius 2 is 2.19 bits per heavy atom. The number of fused-ring (bicyclic) bond motifs is 3. The summed E-state index contributed by atoms with van der Waals surface area (Å²) in [5.74, 6) is 2.40. The van der Waals surface area contributed by atoms with Gasteiger partial charge in [0.15, 0.2) is 5.82 Å². The molecular weight excluding hydrogens is 378 g/mol.